The molecule has 0 spiro atoms. The molecule has 0 saturated carbocycles. The van der Waals surface area contributed by atoms with E-state index in [4.69, 9.17) is 10.5 Å². The van der Waals surface area contributed by atoms with Crippen LogP contribution in [0.5, 0.6) is 0 Å². The lowest BCUT2D eigenvalue weighted by Gasteiger charge is -2.20. The maximum absolute atomic E-state index is 12.8. The van der Waals surface area contributed by atoms with Crippen molar-refractivity contribution in [2.45, 2.75) is 37.8 Å². The van der Waals surface area contributed by atoms with Gasteiger partial charge >= 0.3 is 6.09 Å². The molecule has 4 N–H and O–H groups in total. The van der Waals surface area contributed by atoms with E-state index in [9.17, 15) is 9.59 Å². The van der Waals surface area contributed by atoms with Gasteiger partial charge in [0.25, 0.3) is 0 Å². The Morgan fingerprint density at radius 1 is 0.853 bits per heavy atom. The van der Waals surface area contributed by atoms with Crippen molar-refractivity contribution in [2.75, 3.05) is 13.2 Å². The predicted octanol–water partition coefficient (Wildman–Crippen LogP) is 4.34. The summed E-state index contributed by atoms with van der Waals surface area (Å²) in [5.41, 5.74) is 11.3. The standard InChI is InChI=1S/C28H31N3O3/c29-17-9-8-16-26(27(32)30-18-20-10-2-1-3-11-20)31-28(33)34-19-25-23-14-6-4-12-21(23)22-13-5-7-15-24(22)25/h1-7,10-15,25-26H,8-9,16-19,29H2,(H,30,32)(H,31,33)/t26-/m1/s1. The van der Waals surface area contributed by atoms with E-state index in [1.54, 1.807) is 0 Å². The first-order valence-corrected chi connectivity index (χ1v) is 11.8. The van der Waals surface area contributed by atoms with Crippen LogP contribution in [0.2, 0.25) is 0 Å². The van der Waals surface area contributed by atoms with Gasteiger partial charge < -0.3 is 21.1 Å². The summed E-state index contributed by atoms with van der Waals surface area (Å²) >= 11 is 0. The van der Waals surface area contributed by atoms with Crippen LogP contribution < -0.4 is 16.4 Å². The van der Waals surface area contributed by atoms with Crippen molar-refractivity contribution in [3.05, 3.63) is 95.6 Å². The van der Waals surface area contributed by atoms with Crippen molar-refractivity contribution >= 4 is 12.0 Å². The van der Waals surface area contributed by atoms with E-state index < -0.39 is 12.1 Å². The van der Waals surface area contributed by atoms with Crippen molar-refractivity contribution in [3.8, 4) is 11.1 Å². The average Bonchev–Trinajstić information content (AvgIpc) is 3.20. The van der Waals surface area contributed by atoms with E-state index in [0.717, 1.165) is 29.5 Å². The van der Waals surface area contributed by atoms with Gasteiger partial charge in [0.2, 0.25) is 5.91 Å². The number of carbonyl (C=O) groups excluding carboxylic acids is 2. The quantitative estimate of drug-likeness (QED) is 0.395. The number of unbranched alkanes of at least 4 members (excludes halogenated alkanes) is 1. The number of benzene rings is 3. The Morgan fingerprint density at radius 2 is 1.47 bits per heavy atom. The molecule has 0 bridgehead atoms. The Labute approximate surface area is 200 Å². The van der Waals surface area contributed by atoms with Crippen molar-refractivity contribution in [3.63, 3.8) is 0 Å². The molecule has 1 aliphatic rings. The Hall–Kier alpha value is -3.64. The third-order valence-electron chi connectivity index (χ3n) is 6.21. The number of hydrogen-bond donors (Lipinski definition) is 3. The maximum atomic E-state index is 12.8. The van der Waals surface area contributed by atoms with Crippen LogP contribution in [0.25, 0.3) is 11.1 Å². The first-order valence-electron chi connectivity index (χ1n) is 11.8. The molecule has 0 saturated heterocycles. The molecule has 6 nitrogen and oxygen atoms in total. The van der Waals surface area contributed by atoms with E-state index in [1.807, 2.05) is 54.6 Å². The minimum absolute atomic E-state index is 0.0271. The molecular weight excluding hydrogens is 426 g/mol. The van der Waals surface area contributed by atoms with Crippen LogP contribution >= 0.6 is 0 Å². The summed E-state index contributed by atoms with van der Waals surface area (Å²) in [6.07, 6.45) is 1.44. The summed E-state index contributed by atoms with van der Waals surface area (Å²) in [5, 5.41) is 5.68. The van der Waals surface area contributed by atoms with Crippen LogP contribution in [-0.2, 0) is 16.1 Å². The molecule has 3 aromatic rings. The summed E-state index contributed by atoms with van der Waals surface area (Å²) in [4.78, 5) is 25.5. The highest BCUT2D eigenvalue weighted by Gasteiger charge is 2.29. The SMILES string of the molecule is NCCCC[C@@H](NC(=O)OCC1c2ccccc2-c2ccccc21)C(=O)NCc1ccccc1. The van der Waals surface area contributed by atoms with Gasteiger partial charge in [0, 0.05) is 12.5 Å². The molecule has 0 radical (unpaired) electrons. The number of ether oxygens (including phenoxy) is 1. The number of hydrogen-bond acceptors (Lipinski definition) is 4. The van der Waals surface area contributed by atoms with Crippen molar-refractivity contribution < 1.29 is 14.3 Å². The highest BCUT2D eigenvalue weighted by atomic mass is 16.5. The Morgan fingerprint density at radius 3 is 2.12 bits per heavy atom. The fourth-order valence-corrected chi connectivity index (χ4v) is 4.45. The first kappa shape index (κ1) is 23.5. The van der Waals surface area contributed by atoms with Gasteiger partial charge in [-0.3, -0.25) is 4.79 Å². The number of nitrogens with two attached hydrogens (primary N) is 1. The second kappa shape index (κ2) is 11.5. The predicted molar refractivity (Wildman–Crippen MR) is 133 cm³/mol. The molecule has 0 heterocycles. The molecule has 0 unspecified atom stereocenters. The lowest BCUT2D eigenvalue weighted by Crippen LogP contribution is -2.47. The molecule has 0 fully saturated rings. The van der Waals surface area contributed by atoms with Gasteiger partial charge in [-0.1, -0.05) is 78.9 Å². The minimum atomic E-state index is -0.675. The Bertz CT molecular complexity index is 1070. The highest BCUT2D eigenvalue weighted by Crippen LogP contribution is 2.44. The van der Waals surface area contributed by atoms with E-state index in [-0.39, 0.29) is 18.4 Å². The number of amides is 2. The molecular formula is C28H31N3O3. The molecule has 4 rings (SSSR count). The molecule has 6 heteroatoms. The van der Waals surface area contributed by atoms with Gasteiger partial charge in [-0.25, -0.2) is 4.79 Å². The summed E-state index contributed by atoms with van der Waals surface area (Å²) < 4.78 is 5.63. The van der Waals surface area contributed by atoms with Gasteiger partial charge in [-0.2, -0.15) is 0 Å². The number of fused-ring (bicyclic) bond motifs is 3. The lowest BCUT2D eigenvalue weighted by atomic mass is 9.98. The summed E-state index contributed by atoms with van der Waals surface area (Å²) in [5.74, 6) is -0.255. The number of alkyl carbamates (subject to hydrolysis) is 1. The second-order valence-electron chi connectivity index (χ2n) is 8.51. The van der Waals surface area contributed by atoms with Gasteiger partial charge in [-0.05, 0) is 53.6 Å². The Balaban J connectivity index is 1.37. The highest BCUT2D eigenvalue weighted by molar-refractivity contribution is 5.85. The van der Waals surface area contributed by atoms with Gasteiger partial charge in [0.1, 0.15) is 12.6 Å². The molecule has 1 aliphatic carbocycles. The molecule has 176 valence electrons. The largest absolute Gasteiger partial charge is 0.449 e. The molecule has 2 amide bonds. The smallest absolute Gasteiger partial charge is 0.407 e. The van der Waals surface area contributed by atoms with Gasteiger partial charge in [0.05, 0.1) is 0 Å². The fraction of sp³-hybridized carbons (Fsp3) is 0.286. The van der Waals surface area contributed by atoms with E-state index in [1.165, 1.54) is 11.1 Å². The molecule has 3 aromatic carbocycles. The number of nitrogens with one attached hydrogen (secondary N) is 2. The van der Waals surface area contributed by atoms with Crippen LogP contribution in [-0.4, -0.2) is 31.2 Å². The monoisotopic (exact) mass is 457 g/mol. The zero-order valence-corrected chi connectivity index (χ0v) is 19.2. The molecule has 0 aromatic heterocycles. The minimum Gasteiger partial charge on any atom is -0.449 e. The van der Waals surface area contributed by atoms with Crippen LogP contribution in [0, 0.1) is 0 Å². The van der Waals surface area contributed by atoms with E-state index in [0.29, 0.717) is 19.5 Å². The summed E-state index contributed by atoms with van der Waals surface area (Å²) in [7, 11) is 0. The van der Waals surface area contributed by atoms with E-state index >= 15 is 0 Å². The maximum Gasteiger partial charge on any atom is 0.407 e. The summed E-state index contributed by atoms with van der Waals surface area (Å²) in [6, 6.07) is 25.4. The number of carbonyl (C=O) groups is 2. The third kappa shape index (κ3) is 5.64. The fourth-order valence-electron chi connectivity index (χ4n) is 4.45. The van der Waals surface area contributed by atoms with Crippen molar-refractivity contribution in [1.82, 2.24) is 10.6 Å². The van der Waals surface area contributed by atoms with E-state index in [2.05, 4.69) is 34.9 Å². The number of rotatable bonds is 10. The third-order valence-corrected chi connectivity index (χ3v) is 6.21. The summed E-state index contributed by atoms with van der Waals surface area (Å²) in [6.45, 7) is 1.16. The molecule has 34 heavy (non-hydrogen) atoms. The van der Waals surface area contributed by atoms with Crippen LogP contribution in [0.4, 0.5) is 4.79 Å². The van der Waals surface area contributed by atoms with Gasteiger partial charge in [-0.15, -0.1) is 0 Å². The van der Waals surface area contributed by atoms with Gasteiger partial charge in [0.15, 0.2) is 0 Å². The van der Waals surface area contributed by atoms with Crippen molar-refractivity contribution in [2.24, 2.45) is 5.73 Å². The first-order chi connectivity index (χ1) is 16.7. The van der Waals surface area contributed by atoms with Crippen molar-refractivity contribution in [1.29, 1.82) is 0 Å². The normalized spacial score (nSPS) is 13.0. The zero-order valence-electron chi connectivity index (χ0n) is 19.2. The van der Waals surface area contributed by atoms with Crippen LogP contribution in [0.1, 0.15) is 41.9 Å². The Kier molecular flexibility index (Phi) is 7.94. The molecule has 1 atom stereocenters. The molecule has 0 aliphatic heterocycles. The lowest BCUT2D eigenvalue weighted by molar-refractivity contribution is -0.123. The second-order valence-corrected chi connectivity index (χ2v) is 8.51. The van der Waals surface area contributed by atoms with Crippen LogP contribution in [0.15, 0.2) is 78.9 Å². The average molecular weight is 458 g/mol. The zero-order chi connectivity index (χ0) is 23.8. The van der Waals surface area contributed by atoms with Crippen LogP contribution in [0.3, 0.4) is 0 Å². The topological polar surface area (TPSA) is 93.4 Å².